The van der Waals surface area contributed by atoms with Gasteiger partial charge in [0.05, 0.1) is 24.3 Å². The predicted octanol–water partition coefficient (Wildman–Crippen LogP) is 3.23. The number of nitrogens with zero attached hydrogens (tertiary/aromatic N) is 1. The van der Waals surface area contributed by atoms with Gasteiger partial charge in [-0.3, -0.25) is 0 Å². The highest BCUT2D eigenvalue weighted by Crippen LogP contribution is 2.30. The number of rotatable bonds is 4. The highest BCUT2D eigenvalue weighted by Gasteiger charge is 2.27. The lowest BCUT2D eigenvalue weighted by Crippen LogP contribution is -2.29. The number of hydrogen-bond donors (Lipinski definition) is 1. The summed E-state index contributed by atoms with van der Waals surface area (Å²) in [5.74, 6) is 0.173. The summed E-state index contributed by atoms with van der Waals surface area (Å²) < 4.78 is 25.4. The summed E-state index contributed by atoms with van der Waals surface area (Å²) in [5, 5.41) is 3.43. The van der Waals surface area contributed by atoms with Gasteiger partial charge in [-0.2, -0.15) is 0 Å². The second-order valence-electron chi connectivity index (χ2n) is 5.41. The second-order valence-corrected chi connectivity index (χ2v) is 5.82. The Morgan fingerprint density at radius 2 is 2.26 bits per heavy atom. The maximum atomic E-state index is 13.8. The molecule has 2 heterocycles. The van der Waals surface area contributed by atoms with Gasteiger partial charge in [0.15, 0.2) is 0 Å². The Morgan fingerprint density at radius 1 is 1.35 bits per heavy atom. The third-order valence-corrected chi connectivity index (χ3v) is 4.07. The van der Waals surface area contributed by atoms with Gasteiger partial charge in [0.2, 0.25) is 5.88 Å². The molecule has 0 aliphatic carbocycles. The molecule has 2 aromatic rings. The Kier molecular flexibility index (Phi) is 5.43. The highest BCUT2D eigenvalue weighted by atomic mass is 35.5. The minimum Gasteiger partial charge on any atom is -0.477 e. The van der Waals surface area contributed by atoms with Crippen LogP contribution < -0.4 is 10.1 Å². The fourth-order valence-electron chi connectivity index (χ4n) is 2.62. The molecule has 0 unspecified atom stereocenters. The molecule has 1 N–H and O–H groups in total. The van der Waals surface area contributed by atoms with Crippen LogP contribution in [0.4, 0.5) is 4.39 Å². The lowest BCUT2D eigenvalue weighted by atomic mass is 9.96. The number of nitrogens with one attached hydrogen (secondary N) is 1. The number of aromatic nitrogens is 1. The Labute approximate surface area is 139 Å². The van der Waals surface area contributed by atoms with Crippen molar-refractivity contribution in [3.8, 4) is 5.88 Å². The van der Waals surface area contributed by atoms with E-state index in [1.165, 1.54) is 6.07 Å². The number of halogens is 2. The number of ether oxygens (including phenoxy) is 2. The predicted molar refractivity (Wildman–Crippen MR) is 86.2 cm³/mol. The van der Waals surface area contributed by atoms with Crippen LogP contribution in [0, 0.1) is 11.7 Å². The minimum absolute atomic E-state index is 0.0417. The smallest absolute Gasteiger partial charge is 0.213 e. The van der Waals surface area contributed by atoms with Gasteiger partial charge >= 0.3 is 0 Å². The molecule has 0 spiro atoms. The minimum atomic E-state index is -0.436. The number of pyridine rings is 1. The monoisotopic (exact) mass is 336 g/mol. The molecule has 3 rings (SSSR count). The average Bonchev–Trinajstić information content (AvgIpc) is 2.82. The molecule has 2 atom stereocenters. The first kappa shape index (κ1) is 16.2. The zero-order valence-corrected chi connectivity index (χ0v) is 13.3. The first-order chi connectivity index (χ1) is 11.2. The molecule has 1 aliphatic rings. The van der Waals surface area contributed by atoms with Gasteiger partial charge in [0.25, 0.3) is 0 Å². The molecule has 23 heavy (non-hydrogen) atoms. The van der Waals surface area contributed by atoms with Gasteiger partial charge in [0.1, 0.15) is 5.82 Å². The van der Waals surface area contributed by atoms with E-state index in [0.29, 0.717) is 19.1 Å². The fourth-order valence-corrected chi connectivity index (χ4v) is 2.74. The summed E-state index contributed by atoms with van der Waals surface area (Å²) in [6, 6.07) is 10.3. The van der Waals surface area contributed by atoms with Crippen LogP contribution in [0.2, 0.25) is 5.02 Å². The Balaban J connectivity index is 1.75. The molecule has 122 valence electrons. The zero-order chi connectivity index (χ0) is 16.1. The summed E-state index contributed by atoms with van der Waals surface area (Å²) in [5.41, 5.74) is 0.769. The molecule has 1 aliphatic heterocycles. The van der Waals surface area contributed by atoms with E-state index < -0.39 is 5.82 Å². The van der Waals surface area contributed by atoms with Crippen LogP contribution in [0.1, 0.15) is 11.7 Å². The summed E-state index contributed by atoms with van der Waals surface area (Å²) in [7, 11) is 0. The van der Waals surface area contributed by atoms with Crippen molar-refractivity contribution in [1.29, 1.82) is 0 Å². The summed E-state index contributed by atoms with van der Waals surface area (Å²) in [4.78, 5) is 4.15. The molecular weight excluding hydrogens is 319 g/mol. The molecular formula is C17H18ClFN2O2. The van der Waals surface area contributed by atoms with Crippen LogP contribution in [0.3, 0.4) is 0 Å². The Bertz CT molecular complexity index is 642. The van der Waals surface area contributed by atoms with Crippen LogP contribution in [0.15, 0.2) is 42.6 Å². The molecule has 1 aromatic carbocycles. The zero-order valence-electron chi connectivity index (χ0n) is 12.5. The summed E-state index contributed by atoms with van der Waals surface area (Å²) >= 11 is 5.77. The van der Waals surface area contributed by atoms with E-state index in [1.54, 1.807) is 18.3 Å². The maximum Gasteiger partial charge on any atom is 0.213 e. The van der Waals surface area contributed by atoms with Crippen molar-refractivity contribution in [3.63, 3.8) is 0 Å². The van der Waals surface area contributed by atoms with Crippen LogP contribution in [-0.4, -0.2) is 31.3 Å². The van der Waals surface area contributed by atoms with Gasteiger partial charge < -0.3 is 14.8 Å². The molecule has 0 bridgehead atoms. The lowest BCUT2D eigenvalue weighted by molar-refractivity contribution is 0.0146. The highest BCUT2D eigenvalue weighted by molar-refractivity contribution is 6.30. The third kappa shape index (κ3) is 4.19. The van der Waals surface area contributed by atoms with Crippen molar-refractivity contribution in [1.82, 2.24) is 10.3 Å². The molecule has 1 aromatic heterocycles. The van der Waals surface area contributed by atoms with E-state index in [0.717, 1.165) is 18.7 Å². The first-order valence-electron chi connectivity index (χ1n) is 7.55. The molecule has 1 saturated heterocycles. The van der Waals surface area contributed by atoms with Gasteiger partial charge in [0, 0.05) is 31.3 Å². The van der Waals surface area contributed by atoms with Crippen molar-refractivity contribution < 1.29 is 13.9 Å². The SMILES string of the molecule is Fc1cc([C@@H]2OCCNC[C@H]2COc2ccccn2)ccc1Cl. The third-order valence-electron chi connectivity index (χ3n) is 3.77. The molecule has 0 amide bonds. The lowest BCUT2D eigenvalue weighted by Gasteiger charge is -2.25. The van der Waals surface area contributed by atoms with Gasteiger partial charge in [-0.1, -0.05) is 23.7 Å². The van der Waals surface area contributed by atoms with E-state index in [9.17, 15) is 4.39 Å². The Morgan fingerprint density at radius 3 is 3.04 bits per heavy atom. The van der Waals surface area contributed by atoms with E-state index in [-0.39, 0.29) is 17.0 Å². The van der Waals surface area contributed by atoms with E-state index in [1.807, 2.05) is 18.2 Å². The summed E-state index contributed by atoms with van der Waals surface area (Å²) in [6.07, 6.45) is 1.43. The van der Waals surface area contributed by atoms with Crippen LogP contribution in [0.25, 0.3) is 0 Å². The van der Waals surface area contributed by atoms with Crippen molar-refractivity contribution in [3.05, 3.63) is 59.0 Å². The van der Waals surface area contributed by atoms with Crippen LogP contribution in [-0.2, 0) is 4.74 Å². The second kappa shape index (κ2) is 7.73. The maximum absolute atomic E-state index is 13.8. The molecule has 0 saturated carbocycles. The first-order valence-corrected chi connectivity index (χ1v) is 7.93. The van der Waals surface area contributed by atoms with Crippen molar-refractivity contribution in [2.24, 2.45) is 5.92 Å². The van der Waals surface area contributed by atoms with E-state index >= 15 is 0 Å². The molecule has 6 heteroatoms. The van der Waals surface area contributed by atoms with Crippen LogP contribution in [0.5, 0.6) is 5.88 Å². The normalized spacial score (nSPS) is 21.7. The molecule has 1 fully saturated rings. The van der Waals surface area contributed by atoms with Crippen LogP contribution >= 0.6 is 11.6 Å². The number of benzene rings is 1. The van der Waals surface area contributed by atoms with Crippen molar-refractivity contribution in [2.75, 3.05) is 26.3 Å². The quantitative estimate of drug-likeness (QED) is 0.931. The Hall–Kier alpha value is -1.69. The van der Waals surface area contributed by atoms with Crippen molar-refractivity contribution in [2.45, 2.75) is 6.10 Å². The molecule has 4 nitrogen and oxygen atoms in total. The van der Waals surface area contributed by atoms with Crippen molar-refractivity contribution >= 4 is 11.6 Å². The van der Waals surface area contributed by atoms with Gasteiger partial charge in [-0.05, 0) is 23.8 Å². The fraction of sp³-hybridized carbons (Fsp3) is 0.353. The topological polar surface area (TPSA) is 43.4 Å². The van der Waals surface area contributed by atoms with Gasteiger partial charge in [-0.25, -0.2) is 9.37 Å². The van der Waals surface area contributed by atoms with E-state index in [4.69, 9.17) is 21.1 Å². The number of hydrogen-bond acceptors (Lipinski definition) is 4. The standard InChI is InChI=1S/C17H18ClFN2O2/c18-14-5-4-12(9-15(14)19)17-13(10-20-7-8-22-17)11-23-16-3-1-2-6-21-16/h1-6,9,13,17,20H,7-8,10-11H2/t13-,17-/m0/s1. The molecule has 0 radical (unpaired) electrons. The average molecular weight is 337 g/mol. The summed E-state index contributed by atoms with van der Waals surface area (Å²) in [6.45, 7) is 2.47. The largest absolute Gasteiger partial charge is 0.477 e. The van der Waals surface area contributed by atoms with E-state index in [2.05, 4.69) is 10.3 Å². The van der Waals surface area contributed by atoms with Gasteiger partial charge in [-0.15, -0.1) is 0 Å².